The maximum Gasteiger partial charge on any atom is 0.235 e. The Hall–Kier alpha value is -1.91. The Morgan fingerprint density at radius 1 is 1.10 bits per heavy atom. The number of aromatic nitrogens is 2. The van der Waals surface area contributed by atoms with Crippen LogP contribution in [0.15, 0.2) is 28.8 Å². The Morgan fingerprint density at radius 2 is 1.70 bits per heavy atom. The van der Waals surface area contributed by atoms with Gasteiger partial charge in [-0.05, 0) is 52.0 Å². The van der Waals surface area contributed by atoms with Crippen molar-refractivity contribution < 1.29 is 13.7 Å². The summed E-state index contributed by atoms with van der Waals surface area (Å²) in [6, 6.07) is 7.30. The molecule has 2 aromatic rings. The zero-order chi connectivity index (χ0) is 15.0. The molecule has 5 heteroatoms. The summed E-state index contributed by atoms with van der Waals surface area (Å²) in [6.45, 7) is 6.51. The quantitative estimate of drug-likeness (QED) is 0.854. The monoisotopic (exact) mass is 278 g/mol. The van der Waals surface area contributed by atoms with Crippen LogP contribution in [0.3, 0.4) is 0 Å². The second kappa shape index (κ2) is 4.89. The molecule has 0 N–H and O–H groups in total. The van der Waals surface area contributed by atoms with E-state index in [1.54, 1.807) is 21.0 Å². The van der Waals surface area contributed by atoms with Gasteiger partial charge in [0.2, 0.25) is 11.7 Å². The molecule has 0 saturated heterocycles. The van der Waals surface area contributed by atoms with Crippen molar-refractivity contribution in [2.45, 2.75) is 38.8 Å². The lowest BCUT2D eigenvalue weighted by Crippen LogP contribution is -2.39. The number of halogens is 1. The highest BCUT2D eigenvalue weighted by Gasteiger charge is 2.43. The molecule has 0 aliphatic heterocycles. The Bertz CT molecular complexity index is 583. The summed E-state index contributed by atoms with van der Waals surface area (Å²) in [7, 11) is 1.60. The second-order valence-electron chi connectivity index (χ2n) is 5.75. The normalized spacial score (nSPS) is 12.5. The van der Waals surface area contributed by atoms with Crippen LogP contribution in [0, 0.1) is 0 Å². The lowest BCUT2D eigenvalue weighted by Gasteiger charge is -2.30. The molecule has 0 fully saturated rings. The number of methoxy groups -OCH3 is 1. The van der Waals surface area contributed by atoms with Crippen LogP contribution in [-0.4, -0.2) is 22.9 Å². The molecule has 0 spiro atoms. The number of benzene rings is 1. The Morgan fingerprint density at radius 3 is 2.20 bits per heavy atom. The zero-order valence-corrected chi connectivity index (χ0v) is 12.4. The summed E-state index contributed by atoms with van der Waals surface area (Å²) in [5.74, 6) is 1.48. The predicted octanol–water partition coefficient (Wildman–Crippen LogP) is 3.77. The maximum absolute atomic E-state index is 14.2. The molecule has 1 aromatic heterocycles. The van der Waals surface area contributed by atoms with E-state index in [1.807, 2.05) is 24.3 Å². The first-order chi connectivity index (χ1) is 9.25. The summed E-state index contributed by atoms with van der Waals surface area (Å²) in [4.78, 5) is 4.32. The third-order valence-corrected chi connectivity index (χ3v) is 3.80. The number of alkyl halides is 1. The summed E-state index contributed by atoms with van der Waals surface area (Å²) in [5.41, 5.74) is -1.52. The molecule has 0 aliphatic rings. The standard InChI is InChI=1S/C15H19FN2O2/c1-14(2,15(3,4)16)13-17-12(18-20-13)10-6-8-11(19-5)9-7-10/h6-9H,1-5H3. The van der Waals surface area contributed by atoms with Gasteiger partial charge in [-0.25, -0.2) is 4.39 Å². The van der Waals surface area contributed by atoms with Crippen molar-refractivity contribution in [2.75, 3.05) is 7.11 Å². The lowest BCUT2D eigenvalue weighted by molar-refractivity contribution is 0.0874. The van der Waals surface area contributed by atoms with Crippen LogP contribution in [0.5, 0.6) is 5.75 Å². The number of hydrogen-bond donors (Lipinski definition) is 0. The minimum absolute atomic E-state index is 0.288. The Kier molecular flexibility index (Phi) is 3.54. The van der Waals surface area contributed by atoms with Crippen molar-refractivity contribution in [3.05, 3.63) is 30.2 Å². The average molecular weight is 278 g/mol. The smallest absolute Gasteiger partial charge is 0.235 e. The van der Waals surface area contributed by atoms with Crippen LogP contribution in [-0.2, 0) is 5.41 Å². The molecule has 0 saturated carbocycles. The van der Waals surface area contributed by atoms with Crippen LogP contribution >= 0.6 is 0 Å². The largest absolute Gasteiger partial charge is 0.497 e. The van der Waals surface area contributed by atoms with Gasteiger partial charge >= 0.3 is 0 Å². The molecule has 0 unspecified atom stereocenters. The summed E-state index contributed by atoms with van der Waals surface area (Å²) < 4.78 is 24.5. The van der Waals surface area contributed by atoms with Gasteiger partial charge in [0.15, 0.2) is 0 Å². The van der Waals surface area contributed by atoms with Crippen molar-refractivity contribution in [1.29, 1.82) is 0 Å². The van der Waals surface area contributed by atoms with E-state index in [-0.39, 0.29) is 5.89 Å². The van der Waals surface area contributed by atoms with Crippen LogP contribution in [0.1, 0.15) is 33.6 Å². The average Bonchev–Trinajstić information content (AvgIpc) is 2.87. The summed E-state index contributed by atoms with van der Waals surface area (Å²) in [6.07, 6.45) is 0. The van der Waals surface area contributed by atoms with Gasteiger partial charge in [0, 0.05) is 5.56 Å². The van der Waals surface area contributed by atoms with E-state index in [2.05, 4.69) is 10.1 Å². The van der Waals surface area contributed by atoms with Crippen LogP contribution < -0.4 is 4.74 Å². The molecule has 4 nitrogen and oxygen atoms in total. The van der Waals surface area contributed by atoms with Crippen LogP contribution in [0.25, 0.3) is 11.4 Å². The Balaban J connectivity index is 2.33. The Labute approximate surface area is 118 Å². The molecule has 0 amide bonds. The highest BCUT2D eigenvalue weighted by Crippen LogP contribution is 2.37. The maximum atomic E-state index is 14.2. The van der Waals surface area contributed by atoms with Crippen LogP contribution in [0.4, 0.5) is 4.39 Å². The van der Waals surface area contributed by atoms with E-state index in [1.165, 1.54) is 13.8 Å². The minimum Gasteiger partial charge on any atom is -0.497 e. The number of hydrogen-bond acceptors (Lipinski definition) is 4. The number of nitrogens with zero attached hydrogens (tertiary/aromatic N) is 2. The first kappa shape index (κ1) is 14.5. The highest BCUT2D eigenvalue weighted by atomic mass is 19.1. The summed E-state index contributed by atoms with van der Waals surface area (Å²) in [5, 5.41) is 3.93. The molecular weight excluding hydrogens is 259 g/mol. The van der Waals surface area contributed by atoms with Crippen molar-refractivity contribution in [3.63, 3.8) is 0 Å². The molecule has 0 atom stereocenters. The zero-order valence-electron chi connectivity index (χ0n) is 12.4. The van der Waals surface area contributed by atoms with Gasteiger partial charge in [-0.3, -0.25) is 0 Å². The topological polar surface area (TPSA) is 48.2 Å². The molecule has 0 aliphatic carbocycles. The third-order valence-electron chi connectivity index (χ3n) is 3.80. The molecular formula is C15H19FN2O2. The van der Waals surface area contributed by atoms with Gasteiger partial charge in [0.25, 0.3) is 0 Å². The van der Waals surface area contributed by atoms with E-state index in [9.17, 15) is 4.39 Å². The second-order valence-corrected chi connectivity index (χ2v) is 5.75. The van der Waals surface area contributed by atoms with Crippen molar-refractivity contribution in [1.82, 2.24) is 10.1 Å². The SMILES string of the molecule is COc1ccc(-c2noc(C(C)(C)C(C)(C)F)n2)cc1. The highest BCUT2D eigenvalue weighted by molar-refractivity contribution is 5.55. The van der Waals surface area contributed by atoms with E-state index in [4.69, 9.17) is 9.26 Å². The van der Waals surface area contributed by atoms with Gasteiger partial charge in [0.1, 0.15) is 11.4 Å². The van der Waals surface area contributed by atoms with E-state index < -0.39 is 11.1 Å². The van der Waals surface area contributed by atoms with E-state index in [0.29, 0.717) is 5.82 Å². The van der Waals surface area contributed by atoms with Crippen molar-refractivity contribution >= 4 is 0 Å². The van der Waals surface area contributed by atoms with Crippen molar-refractivity contribution in [3.8, 4) is 17.1 Å². The molecule has 108 valence electrons. The molecule has 1 aromatic carbocycles. The fraction of sp³-hybridized carbons (Fsp3) is 0.467. The van der Waals surface area contributed by atoms with E-state index in [0.717, 1.165) is 11.3 Å². The van der Waals surface area contributed by atoms with Gasteiger partial charge < -0.3 is 9.26 Å². The van der Waals surface area contributed by atoms with Gasteiger partial charge in [0.05, 0.1) is 12.5 Å². The number of rotatable bonds is 4. The molecule has 0 radical (unpaired) electrons. The third kappa shape index (κ3) is 2.53. The van der Waals surface area contributed by atoms with Gasteiger partial charge in [-0.2, -0.15) is 4.98 Å². The minimum atomic E-state index is -1.46. The van der Waals surface area contributed by atoms with Gasteiger partial charge in [-0.1, -0.05) is 5.16 Å². The number of ether oxygens (including phenoxy) is 1. The first-order valence-electron chi connectivity index (χ1n) is 6.43. The van der Waals surface area contributed by atoms with Crippen LogP contribution in [0.2, 0.25) is 0 Å². The van der Waals surface area contributed by atoms with Gasteiger partial charge in [-0.15, -0.1) is 0 Å². The first-order valence-corrected chi connectivity index (χ1v) is 6.43. The molecule has 1 heterocycles. The van der Waals surface area contributed by atoms with E-state index >= 15 is 0 Å². The lowest BCUT2D eigenvalue weighted by atomic mass is 9.78. The molecule has 0 bridgehead atoms. The van der Waals surface area contributed by atoms with Crippen molar-refractivity contribution in [2.24, 2.45) is 0 Å². The summed E-state index contributed by atoms with van der Waals surface area (Å²) >= 11 is 0. The predicted molar refractivity (Wildman–Crippen MR) is 74.5 cm³/mol. The molecule has 20 heavy (non-hydrogen) atoms. The molecule has 2 rings (SSSR count). The fourth-order valence-electron chi connectivity index (χ4n) is 1.59. The fourth-order valence-corrected chi connectivity index (χ4v) is 1.59.